The topological polar surface area (TPSA) is 125 Å². The Morgan fingerprint density at radius 3 is 0.662 bits per heavy atom. The molecule has 5 aliphatic rings. The van der Waals surface area contributed by atoms with E-state index >= 15 is 0 Å². The van der Waals surface area contributed by atoms with Gasteiger partial charge in [0, 0.05) is 140 Å². The highest BCUT2D eigenvalue weighted by Gasteiger charge is 2.40. The van der Waals surface area contributed by atoms with Gasteiger partial charge in [0.2, 0.25) is 27.2 Å². The molecule has 1 aliphatic carbocycles. The second kappa shape index (κ2) is 15.8. The van der Waals surface area contributed by atoms with Crippen LogP contribution < -0.4 is 37.9 Å². The molecule has 12 nitrogen and oxygen atoms in total. The molecule has 0 saturated heterocycles. The van der Waals surface area contributed by atoms with Crippen molar-refractivity contribution in [1.82, 2.24) is 19.9 Å². The highest BCUT2D eigenvalue weighted by Crippen LogP contribution is 2.60. The molecule has 0 atom stereocenters. The van der Waals surface area contributed by atoms with E-state index < -0.39 is 0 Å². The standard InChI is InChI=1S/C56H44N4O8/c1-29-37-17-39-30(2)41-19-43-32(4)44-20-42-31(3)40-18-38(29)50-46(34-10-6-14-58-22-34)52(40)64-27-66-54(42)48(36-12-8-16-60-24-36)56(44)68-28-67-55(43)47(35-11-7-15-59-23-35)53(41)65-26-63-51(39)45(49(37)61-25-62-50)33-9-5-13-57-21-33/h5-24,29-32H,25-28H2,1-4H3. The van der Waals surface area contributed by atoms with Crippen molar-refractivity contribution < 1.29 is 37.9 Å². The third-order valence-corrected chi connectivity index (χ3v) is 14.3. The predicted molar refractivity (Wildman–Crippen MR) is 253 cm³/mol. The van der Waals surface area contributed by atoms with Crippen LogP contribution in [0.5, 0.6) is 46.0 Å². The number of rotatable bonds is 4. The van der Waals surface area contributed by atoms with Gasteiger partial charge in [-0.2, -0.15) is 0 Å². The lowest BCUT2D eigenvalue weighted by atomic mass is 9.77. The normalized spacial score (nSPS) is 19.0. The van der Waals surface area contributed by atoms with Gasteiger partial charge in [-0.1, -0.05) is 52.0 Å². The monoisotopic (exact) mass is 900 g/mol. The van der Waals surface area contributed by atoms with E-state index in [2.05, 4.69) is 71.9 Å². The molecule has 8 bridgehead atoms. The van der Waals surface area contributed by atoms with Crippen molar-refractivity contribution in [2.24, 2.45) is 0 Å². The van der Waals surface area contributed by atoms with Crippen LogP contribution in [0.4, 0.5) is 0 Å². The first-order chi connectivity index (χ1) is 33.4. The highest BCUT2D eigenvalue weighted by molar-refractivity contribution is 5.88. The molecule has 336 valence electrons. The van der Waals surface area contributed by atoms with Crippen LogP contribution >= 0.6 is 0 Å². The summed E-state index contributed by atoms with van der Waals surface area (Å²) in [5.41, 5.74) is 14.2. The van der Waals surface area contributed by atoms with E-state index in [0.717, 1.165) is 89.0 Å². The Labute approximate surface area is 392 Å². The minimum atomic E-state index is -0.281. The second-order valence-electron chi connectivity index (χ2n) is 17.8. The summed E-state index contributed by atoms with van der Waals surface area (Å²) < 4.78 is 54.9. The van der Waals surface area contributed by atoms with Gasteiger partial charge < -0.3 is 37.9 Å². The average Bonchev–Trinajstić information content (AvgIpc) is 3.37. The maximum atomic E-state index is 6.86. The maximum Gasteiger partial charge on any atom is 0.230 e. The fourth-order valence-electron chi connectivity index (χ4n) is 10.9. The van der Waals surface area contributed by atoms with Crippen LogP contribution in [0, 0.1) is 0 Å². The third kappa shape index (κ3) is 6.05. The number of nitrogens with zero attached hydrogens (tertiary/aromatic N) is 4. The van der Waals surface area contributed by atoms with Gasteiger partial charge in [0.15, 0.2) is 0 Å². The number of benzene rings is 4. The van der Waals surface area contributed by atoms with Crippen molar-refractivity contribution in [2.75, 3.05) is 27.2 Å². The fourth-order valence-corrected chi connectivity index (χ4v) is 10.9. The summed E-state index contributed by atoms with van der Waals surface area (Å²) >= 11 is 0. The van der Waals surface area contributed by atoms with Crippen LogP contribution in [-0.2, 0) is 0 Å². The molecule has 0 radical (unpaired) electrons. The lowest BCUT2D eigenvalue weighted by Gasteiger charge is -2.36. The van der Waals surface area contributed by atoms with Crippen molar-refractivity contribution in [3.05, 3.63) is 167 Å². The van der Waals surface area contributed by atoms with E-state index in [1.807, 2.05) is 73.3 Å². The molecule has 68 heavy (non-hydrogen) atoms. The Kier molecular flexibility index (Phi) is 9.31. The number of hydrogen-bond acceptors (Lipinski definition) is 12. The molecule has 0 fully saturated rings. The summed E-state index contributed by atoms with van der Waals surface area (Å²) in [7, 11) is 0. The summed E-state index contributed by atoms with van der Waals surface area (Å²) in [6.45, 7) is 8.45. The average molecular weight is 901 g/mol. The summed E-state index contributed by atoms with van der Waals surface area (Å²) in [5, 5.41) is 0. The Morgan fingerprint density at radius 2 is 0.500 bits per heavy atom. The Morgan fingerprint density at radius 1 is 0.309 bits per heavy atom. The van der Waals surface area contributed by atoms with E-state index in [-0.39, 0.29) is 50.8 Å². The SMILES string of the molecule is CC1c2cc3c4c(-c5cccnc5)c2OCOc2c1cc1c(c2-c2cccnc2)OCOc2c(cc5c(c2-c2cccnc2)OCOc2c(cc(c(c2-c2cccnc2)OCO4)C3C)C5C)C1C. The quantitative estimate of drug-likeness (QED) is 0.167. The Hall–Kier alpha value is -8.12. The zero-order valence-electron chi connectivity index (χ0n) is 37.7. The molecule has 0 unspecified atom stereocenters. The fraction of sp³-hybridized carbons (Fsp3) is 0.214. The highest BCUT2D eigenvalue weighted by atomic mass is 16.7. The van der Waals surface area contributed by atoms with Gasteiger partial charge in [0.05, 0.1) is 22.3 Å². The first-order valence-electron chi connectivity index (χ1n) is 22.9. The summed E-state index contributed by atoms with van der Waals surface area (Å²) in [6, 6.07) is 24.9. The third-order valence-electron chi connectivity index (χ3n) is 14.3. The molecule has 4 aromatic heterocycles. The second-order valence-corrected chi connectivity index (χ2v) is 17.8. The molecule has 13 rings (SSSR count). The molecule has 0 saturated carbocycles. The lowest BCUT2D eigenvalue weighted by molar-refractivity contribution is 0.101. The van der Waals surface area contributed by atoms with Crippen LogP contribution in [-0.4, -0.2) is 47.1 Å². The molecular formula is C56H44N4O8. The maximum absolute atomic E-state index is 6.86. The van der Waals surface area contributed by atoms with Crippen molar-refractivity contribution in [3.63, 3.8) is 0 Å². The first-order valence-corrected chi connectivity index (χ1v) is 22.9. The largest absolute Gasteiger partial charge is 0.456 e. The molecular weight excluding hydrogens is 857 g/mol. The van der Waals surface area contributed by atoms with E-state index in [1.54, 1.807) is 24.8 Å². The smallest absolute Gasteiger partial charge is 0.230 e. The van der Waals surface area contributed by atoms with Crippen molar-refractivity contribution in [3.8, 4) is 90.5 Å². The van der Waals surface area contributed by atoms with E-state index in [9.17, 15) is 0 Å². The lowest BCUT2D eigenvalue weighted by Crippen LogP contribution is -2.23. The summed E-state index contributed by atoms with van der Waals surface area (Å²) in [6.07, 6.45) is 14.5. The van der Waals surface area contributed by atoms with Crippen LogP contribution in [0.2, 0.25) is 0 Å². The molecule has 4 aromatic carbocycles. The molecule has 0 spiro atoms. The summed E-state index contributed by atoms with van der Waals surface area (Å²) in [4.78, 5) is 18.3. The van der Waals surface area contributed by atoms with Gasteiger partial charge in [0.1, 0.15) is 46.0 Å². The van der Waals surface area contributed by atoms with Gasteiger partial charge in [-0.05, 0) is 48.5 Å². The van der Waals surface area contributed by atoms with Crippen LogP contribution in [0.3, 0.4) is 0 Å². The Balaban J connectivity index is 1.21. The zero-order valence-corrected chi connectivity index (χ0v) is 37.7. The molecule has 8 aromatic rings. The van der Waals surface area contributed by atoms with E-state index in [4.69, 9.17) is 37.9 Å². The van der Waals surface area contributed by atoms with Crippen LogP contribution in [0.25, 0.3) is 44.5 Å². The van der Waals surface area contributed by atoms with Crippen molar-refractivity contribution >= 4 is 0 Å². The minimum absolute atomic E-state index is 0.103. The predicted octanol–water partition coefficient (Wildman–Crippen LogP) is 11.8. The number of aromatic nitrogens is 4. The molecule has 0 N–H and O–H groups in total. The van der Waals surface area contributed by atoms with Crippen LogP contribution in [0.1, 0.15) is 95.9 Å². The summed E-state index contributed by atoms with van der Waals surface area (Å²) in [5.74, 6) is 4.07. The molecule has 12 heteroatoms. The van der Waals surface area contributed by atoms with E-state index in [0.29, 0.717) is 46.0 Å². The molecule has 4 aliphatic heterocycles. The minimum Gasteiger partial charge on any atom is -0.456 e. The van der Waals surface area contributed by atoms with Crippen molar-refractivity contribution in [2.45, 2.75) is 51.4 Å². The van der Waals surface area contributed by atoms with Crippen molar-refractivity contribution in [1.29, 1.82) is 0 Å². The zero-order chi connectivity index (χ0) is 45.6. The molecule has 0 amide bonds. The number of ether oxygens (including phenoxy) is 8. The van der Waals surface area contributed by atoms with Crippen LogP contribution in [0.15, 0.2) is 122 Å². The van der Waals surface area contributed by atoms with Gasteiger partial charge in [-0.15, -0.1) is 0 Å². The Bertz CT molecular complexity index is 2750. The van der Waals surface area contributed by atoms with Gasteiger partial charge in [0.25, 0.3) is 0 Å². The first kappa shape index (κ1) is 40.2. The number of pyridine rings is 4. The number of hydrogen-bond donors (Lipinski definition) is 0. The van der Waals surface area contributed by atoms with Gasteiger partial charge in [-0.3, -0.25) is 19.9 Å². The van der Waals surface area contributed by atoms with Gasteiger partial charge >= 0.3 is 0 Å². The molecule has 8 heterocycles. The van der Waals surface area contributed by atoms with E-state index in [1.165, 1.54) is 0 Å². The van der Waals surface area contributed by atoms with Gasteiger partial charge in [-0.25, -0.2) is 0 Å².